The molecule has 0 spiro atoms. The number of aromatic carboxylic acids is 1. The minimum absolute atomic E-state index is 0.0420. The van der Waals surface area contributed by atoms with Crippen molar-refractivity contribution in [2.45, 2.75) is 6.92 Å². The standard InChI is InChI=1S/C15H11BrINO3/c1-8-4-2-5-9(12(8)17)14(19)18-13-10(15(20)21)6-3-7-11(13)16/h2-7H,1H3,(H,18,19)(H,20,21). The summed E-state index contributed by atoms with van der Waals surface area (Å²) in [5.74, 6) is -1.43. The summed E-state index contributed by atoms with van der Waals surface area (Å²) >= 11 is 5.37. The second-order valence-corrected chi connectivity index (χ2v) is 6.29. The molecule has 21 heavy (non-hydrogen) atoms. The fourth-order valence-electron chi connectivity index (χ4n) is 1.83. The summed E-state index contributed by atoms with van der Waals surface area (Å²) in [6.45, 7) is 1.92. The summed E-state index contributed by atoms with van der Waals surface area (Å²) in [6.07, 6.45) is 0. The number of carboxylic acids is 1. The number of aryl methyl sites for hydroxylation is 1. The van der Waals surface area contributed by atoms with Gasteiger partial charge in [0, 0.05) is 8.04 Å². The molecule has 0 aromatic heterocycles. The lowest BCUT2D eigenvalue weighted by molar-refractivity contribution is 0.0698. The normalized spacial score (nSPS) is 10.2. The van der Waals surface area contributed by atoms with Crippen LogP contribution in [0.5, 0.6) is 0 Å². The van der Waals surface area contributed by atoms with Crippen molar-refractivity contribution in [3.8, 4) is 0 Å². The second kappa shape index (κ2) is 6.57. The molecule has 4 nitrogen and oxygen atoms in total. The van der Waals surface area contributed by atoms with Gasteiger partial charge in [-0.2, -0.15) is 0 Å². The number of carbonyl (C=O) groups excluding carboxylic acids is 1. The first-order valence-corrected chi connectivity index (χ1v) is 7.87. The van der Waals surface area contributed by atoms with E-state index in [1.165, 1.54) is 6.07 Å². The first-order chi connectivity index (χ1) is 9.91. The Morgan fingerprint density at radius 2 is 1.76 bits per heavy atom. The number of benzene rings is 2. The average molecular weight is 460 g/mol. The van der Waals surface area contributed by atoms with E-state index in [1.807, 2.05) is 13.0 Å². The van der Waals surface area contributed by atoms with Gasteiger partial charge in [0.1, 0.15) is 0 Å². The Kier molecular flexibility index (Phi) is 5.00. The molecule has 0 bridgehead atoms. The zero-order valence-corrected chi connectivity index (χ0v) is 14.7. The van der Waals surface area contributed by atoms with Crippen molar-refractivity contribution in [3.05, 3.63) is 61.1 Å². The van der Waals surface area contributed by atoms with Gasteiger partial charge in [0.25, 0.3) is 5.91 Å². The van der Waals surface area contributed by atoms with Crippen molar-refractivity contribution in [2.75, 3.05) is 5.32 Å². The fraction of sp³-hybridized carbons (Fsp3) is 0.0667. The van der Waals surface area contributed by atoms with Crippen molar-refractivity contribution in [1.82, 2.24) is 0 Å². The zero-order valence-electron chi connectivity index (χ0n) is 11.0. The molecule has 2 aromatic rings. The number of hydrogen-bond acceptors (Lipinski definition) is 2. The predicted molar refractivity (Wildman–Crippen MR) is 93.0 cm³/mol. The molecule has 0 unspecified atom stereocenters. The van der Waals surface area contributed by atoms with E-state index in [0.29, 0.717) is 10.0 Å². The molecule has 0 aliphatic carbocycles. The van der Waals surface area contributed by atoms with Crippen LogP contribution < -0.4 is 5.32 Å². The summed E-state index contributed by atoms with van der Waals surface area (Å²) in [7, 11) is 0. The van der Waals surface area contributed by atoms with Gasteiger partial charge in [0.15, 0.2) is 0 Å². The van der Waals surface area contributed by atoms with Gasteiger partial charge in [0.05, 0.1) is 16.8 Å². The van der Waals surface area contributed by atoms with E-state index in [-0.39, 0.29) is 17.2 Å². The molecule has 2 aromatic carbocycles. The van der Waals surface area contributed by atoms with Crippen LogP contribution >= 0.6 is 38.5 Å². The molecule has 1 amide bonds. The number of halogens is 2. The van der Waals surface area contributed by atoms with Crippen LogP contribution in [-0.4, -0.2) is 17.0 Å². The molecule has 0 saturated carbocycles. The summed E-state index contributed by atoms with van der Waals surface area (Å²) < 4.78 is 1.37. The molecular weight excluding hydrogens is 449 g/mol. The first-order valence-electron chi connectivity index (χ1n) is 6.00. The Morgan fingerprint density at radius 3 is 2.43 bits per heavy atom. The van der Waals surface area contributed by atoms with Gasteiger partial charge in [-0.05, 0) is 69.2 Å². The Morgan fingerprint density at radius 1 is 1.14 bits per heavy atom. The third-order valence-corrected chi connectivity index (χ3v) is 5.01. The average Bonchev–Trinajstić information content (AvgIpc) is 2.43. The van der Waals surface area contributed by atoms with Crippen LogP contribution in [0.3, 0.4) is 0 Å². The van der Waals surface area contributed by atoms with E-state index >= 15 is 0 Å². The Bertz CT molecular complexity index is 731. The van der Waals surface area contributed by atoms with Crippen molar-refractivity contribution < 1.29 is 14.7 Å². The highest BCUT2D eigenvalue weighted by Gasteiger charge is 2.17. The minimum Gasteiger partial charge on any atom is -0.478 e. The number of carbonyl (C=O) groups is 2. The van der Waals surface area contributed by atoms with Crippen molar-refractivity contribution in [1.29, 1.82) is 0 Å². The smallest absolute Gasteiger partial charge is 0.337 e. The van der Waals surface area contributed by atoms with Crippen LogP contribution in [0.15, 0.2) is 40.9 Å². The highest BCUT2D eigenvalue weighted by atomic mass is 127. The quantitative estimate of drug-likeness (QED) is 0.672. The third-order valence-electron chi connectivity index (χ3n) is 2.92. The highest BCUT2D eigenvalue weighted by molar-refractivity contribution is 14.1. The van der Waals surface area contributed by atoms with E-state index in [2.05, 4.69) is 43.8 Å². The molecule has 0 aliphatic rings. The van der Waals surface area contributed by atoms with Gasteiger partial charge in [0.2, 0.25) is 0 Å². The summed E-state index contributed by atoms with van der Waals surface area (Å²) in [4.78, 5) is 23.6. The SMILES string of the molecule is Cc1cccc(C(=O)Nc2c(Br)cccc2C(=O)O)c1I. The van der Waals surface area contributed by atoms with E-state index in [4.69, 9.17) is 0 Å². The zero-order chi connectivity index (χ0) is 15.6. The van der Waals surface area contributed by atoms with Gasteiger partial charge in [-0.1, -0.05) is 18.2 Å². The number of nitrogens with one attached hydrogen (secondary N) is 1. The lowest BCUT2D eigenvalue weighted by Gasteiger charge is -2.12. The summed E-state index contributed by atoms with van der Waals surface area (Å²) in [5, 5.41) is 11.9. The monoisotopic (exact) mass is 459 g/mol. The maximum absolute atomic E-state index is 12.4. The van der Waals surface area contributed by atoms with Gasteiger partial charge >= 0.3 is 5.97 Å². The number of rotatable bonds is 3. The molecule has 0 fully saturated rings. The lowest BCUT2D eigenvalue weighted by atomic mass is 10.1. The lowest BCUT2D eigenvalue weighted by Crippen LogP contribution is -2.16. The number of para-hydroxylation sites is 1. The van der Waals surface area contributed by atoms with E-state index < -0.39 is 5.97 Å². The van der Waals surface area contributed by atoms with Crippen LogP contribution in [0, 0.1) is 10.5 Å². The number of amides is 1. The number of anilines is 1. The van der Waals surface area contributed by atoms with Crippen LogP contribution in [0.2, 0.25) is 0 Å². The maximum Gasteiger partial charge on any atom is 0.337 e. The highest BCUT2D eigenvalue weighted by Crippen LogP contribution is 2.28. The summed E-state index contributed by atoms with van der Waals surface area (Å²) in [5.41, 5.74) is 1.81. The molecule has 0 aliphatic heterocycles. The molecule has 2 rings (SSSR count). The first kappa shape index (κ1) is 16.0. The number of hydrogen-bond donors (Lipinski definition) is 2. The predicted octanol–water partition coefficient (Wildman–Crippen LogP) is 4.31. The molecule has 6 heteroatoms. The van der Waals surface area contributed by atoms with Crippen molar-refractivity contribution in [3.63, 3.8) is 0 Å². The van der Waals surface area contributed by atoms with Crippen molar-refractivity contribution >= 4 is 56.1 Å². The van der Waals surface area contributed by atoms with Gasteiger partial charge in [-0.15, -0.1) is 0 Å². The van der Waals surface area contributed by atoms with Gasteiger partial charge in [-0.3, -0.25) is 4.79 Å². The largest absolute Gasteiger partial charge is 0.478 e. The Labute approximate surface area is 143 Å². The molecule has 0 radical (unpaired) electrons. The molecule has 0 heterocycles. The molecule has 0 saturated heterocycles. The van der Waals surface area contributed by atoms with E-state index in [0.717, 1.165) is 9.13 Å². The Balaban J connectivity index is 2.41. The van der Waals surface area contributed by atoms with E-state index in [1.54, 1.807) is 24.3 Å². The second-order valence-electron chi connectivity index (χ2n) is 4.36. The van der Waals surface area contributed by atoms with Crippen LogP contribution in [0.1, 0.15) is 26.3 Å². The van der Waals surface area contributed by atoms with E-state index in [9.17, 15) is 14.7 Å². The topological polar surface area (TPSA) is 66.4 Å². The van der Waals surface area contributed by atoms with Crippen molar-refractivity contribution in [2.24, 2.45) is 0 Å². The van der Waals surface area contributed by atoms with Gasteiger partial charge in [-0.25, -0.2) is 4.79 Å². The molecule has 0 atom stereocenters. The minimum atomic E-state index is -1.09. The summed E-state index contributed by atoms with van der Waals surface area (Å²) in [6, 6.07) is 10.2. The molecule has 108 valence electrons. The van der Waals surface area contributed by atoms with Crippen LogP contribution in [0.25, 0.3) is 0 Å². The number of carboxylic acid groups (broad SMARTS) is 1. The maximum atomic E-state index is 12.4. The fourth-order valence-corrected chi connectivity index (χ4v) is 2.90. The molecule has 2 N–H and O–H groups in total. The Hall–Kier alpha value is -1.41. The van der Waals surface area contributed by atoms with Crippen LogP contribution in [-0.2, 0) is 0 Å². The third kappa shape index (κ3) is 3.44. The van der Waals surface area contributed by atoms with Gasteiger partial charge < -0.3 is 10.4 Å². The molecular formula is C15H11BrINO3. The van der Waals surface area contributed by atoms with Crippen LogP contribution in [0.4, 0.5) is 5.69 Å².